The van der Waals surface area contributed by atoms with Crippen LogP contribution in [0.5, 0.6) is 0 Å². The molecule has 4 heteroatoms. The van der Waals surface area contributed by atoms with E-state index in [1.54, 1.807) is 6.26 Å². The summed E-state index contributed by atoms with van der Waals surface area (Å²) < 4.78 is 16.4. The third-order valence-corrected chi connectivity index (χ3v) is 2.65. The van der Waals surface area contributed by atoms with Gasteiger partial charge in [0.1, 0.15) is 12.4 Å². The van der Waals surface area contributed by atoms with Gasteiger partial charge in [-0.1, -0.05) is 20.3 Å². The van der Waals surface area contributed by atoms with Gasteiger partial charge >= 0.3 is 0 Å². The van der Waals surface area contributed by atoms with Gasteiger partial charge in [0.05, 0.1) is 19.5 Å². The first-order chi connectivity index (χ1) is 8.88. The lowest BCUT2D eigenvalue weighted by molar-refractivity contribution is 0.0336. The highest BCUT2D eigenvalue weighted by Crippen LogP contribution is 2.11. The van der Waals surface area contributed by atoms with E-state index in [0.29, 0.717) is 19.8 Å². The van der Waals surface area contributed by atoms with Gasteiger partial charge in [0.2, 0.25) is 0 Å². The number of ether oxygens (including phenoxy) is 2. The summed E-state index contributed by atoms with van der Waals surface area (Å²) in [7, 11) is 0. The molecule has 0 bridgehead atoms. The molecule has 1 heterocycles. The Labute approximate surface area is 110 Å². The first-order valence-corrected chi connectivity index (χ1v) is 6.79. The summed E-state index contributed by atoms with van der Waals surface area (Å²) in [4.78, 5) is 0. The van der Waals surface area contributed by atoms with Gasteiger partial charge in [0.15, 0.2) is 0 Å². The molecule has 0 fully saturated rings. The van der Waals surface area contributed by atoms with E-state index in [4.69, 9.17) is 13.9 Å². The van der Waals surface area contributed by atoms with Crippen molar-refractivity contribution in [2.24, 2.45) is 0 Å². The molecule has 0 amide bonds. The topological polar surface area (TPSA) is 43.6 Å². The molecule has 0 radical (unpaired) electrons. The fraction of sp³-hybridized carbons (Fsp3) is 0.714. The molecule has 1 aromatic rings. The molecule has 0 spiro atoms. The van der Waals surface area contributed by atoms with Crippen LogP contribution < -0.4 is 5.32 Å². The van der Waals surface area contributed by atoms with Crippen LogP contribution in [0.4, 0.5) is 0 Å². The zero-order valence-electron chi connectivity index (χ0n) is 11.5. The standard InChI is InChI=1S/C14H25NO3/c1-3-5-7-16-9-10-17-12-14-13(6-8-18-14)11-15-4-2/h6,8,15H,3-5,7,9-12H2,1-2H3. The van der Waals surface area contributed by atoms with E-state index in [1.807, 2.05) is 6.07 Å². The van der Waals surface area contributed by atoms with Crippen molar-refractivity contribution in [1.29, 1.82) is 0 Å². The van der Waals surface area contributed by atoms with Gasteiger partial charge in [-0.15, -0.1) is 0 Å². The molecule has 0 atom stereocenters. The number of furan rings is 1. The van der Waals surface area contributed by atoms with Crippen LogP contribution in [0.15, 0.2) is 16.7 Å². The van der Waals surface area contributed by atoms with Crippen molar-refractivity contribution in [3.05, 3.63) is 23.7 Å². The Balaban J connectivity index is 2.09. The Morgan fingerprint density at radius 2 is 2.00 bits per heavy atom. The highest BCUT2D eigenvalue weighted by Gasteiger charge is 2.05. The second kappa shape index (κ2) is 10.1. The summed E-state index contributed by atoms with van der Waals surface area (Å²) in [6.45, 7) is 8.65. The molecule has 1 aromatic heterocycles. The summed E-state index contributed by atoms with van der Waals surface area (Å²) in [5.41, 5.74) is 1.17. The normalized spacial score (nSPS) is 11.0. The molecular weight excluding hydrogens is 230 g/mol. The van der Waals surface area contributed by atoms with E-state index in [1.165, 1.54) is 12.0 Å². The van der Waals surface area contributed by atoms with Gasteiger partial charge in [-0.2, -0.15) is 0 Å². The smallest absolute Gasteiger partial charge is 0.133 e. The van der Waals surface area contributed by atoms with Crippen molar-refractivity contribution in [2.75, 3.05) is 26.4 Å². The fourth-order valence-electron chi connectivity index (χ4n) is 1.54. The maximum absolute atomic E-state index is 5.53. The molecule has 4 nitrogen and oxygen atoms in total. The summed E-state index contributed by atoms with van der Waals surface area (Å²) in [6.07, 6.45) is 4.00. The predicted molar refractivity (Wildman–Crippen MR) is 71.5 cm³/mol. The quantitative estimate of drug-likeness (QED) is 0.617. The lowest BCUT2D eigenvalue weighted by atomic mass is 10.2. The third kappa shape index (κ3) is 6.19. The van der Waals surface area contributed by atoms with E-state index < -0.39 is 0 Å². The van der Waals surface area contributed by atoms with E-state index in [2.05, 4.69) is 19.2 Å². The molecule has 0 aromatic carbocycles. The van der Waals surface area contributed by atoms with Crippen LogP contribution in [0, 0.1) is 0 Å². The second-order valence-electron chi connectivity index (χ2n) is 4.17. The van der Waals surface area contributed by atoms with Crippen molar-refractivity contribution in [3.8, 4) is 0 Å². The Hall–Kier alpha value is -0.840. The molecule has 1 rings (SSSR count). The van der Waals surface area contributed by atoms with Crippen LogP contribution in [-0.2, 0) is 22.6 Å². The second-order valence-corrected chi connectivity index (χ2v) is 4.17. The number of unbranched alkanes of at least 4 members (excludes halogenated alkanes) is 1. The van der Waals surface area contributed by atoms with Crippen LogP contribution in [0.25, 0.3) is 0 Å². The van der Waals surface area contributed by atoms with Gasteiger partial charge in [-0.05, 0) is 19.0 Å². The van der Waals surface area contributed by atoms with Crippen LogP contribution >= 0.6 is 0 Å². The summed E-state index contributed by atoms with van der Waals surface area (Å²) in [5.74, 6) is 0.907. The van der Waals surface area contributed by atoms with E-state index in [-0.39, 0.29) is 0 Å². The summed E-state index contributed by atoms with van der Waals surface area (Å²) >= 11 is 0. The highest BCUT2D eigenvalue weighted by atomic mass is 16.5. The average Bonchev–Trinajstić information content (AvgIpc) is 2.83. The molecule has 0 saturated carbocycles. The lowest BCUT2D eigenvalue weighted by Gasteiger charge is -2.06. The molecule has 1 N–H and O–H groups in total. The number of nitrogens with one attached hydrogen (secondary N) is 1. The van der Waals surface area contributed by atoms with Gasteiger partial charge in [-0.25, -0.2) is 0 Å². The maximum atomic E-state index is 5.53. The maximum Gasteiger partial charge on any atom is 0.133 e. The summed E-state index contributed by atoms with van der Waals surface area (Å²) in [6, 6.07) is 1.99. The van der Waals surface area contributed by atoms with Crippen molar-refractivity contribution in [3.63, 3.8) is 0 Å². The first kappa shape index (κ1) is 15.2. The van der Waals surface area contributed by atoms with Crippen molar-refractivity contribution in [1.82, 2.24) is 5.32 Å². The van der Waals surface area contributed by atoms with Gasteiger partial charge in [-0.3, -0.25) is 0 Å². The zero-order valence-corrected chi connectivity index (χ0v) is 11.5. The van der Waals surface area contributed by atoms with Crippen LogP contribution in [0.2, 0.25) is 0 Å². The van der Waals surface area contributed by atoms with E-state index >= 15 is 0 Å². The predicted octanol–water partition coefficient (Wildman–Crippen LogP) is 2.72. The molecular formula is C14H25NO3. The Morgan fingerprint density at radius 1 is 1.17 bits per heavy atom. The van der Waals surface area contributed by atoms with Crippen LogP contribution in [-0.4, -0.2) is 26.4 Å². The van der Waals surface area contributed by atoms with Gasteiger partial charge < -0.3 is 19.2 Å². The van der Waals surface area contributed by atoms with E-state index in [9.17, 15) is 0 Å². The van der Waals surface area contributed by atoms with Gasteiger partial charge in [0.25, 0.3) is 0 Å². The average molecular weight is 255 g/mol. The molecule has 18 heavy (non-hydrogen) atoms. The zero-order chi connectivity index (χ0) is 13.1. The minimum Gasteiger partial charge on any atom is -0.467 e. The number of hydrogen-bond acceptors (Lipinski definition) is 4. The van der Waals surface area contributed by atoms with Crippen molar-refractivity contribution in [2.45, 2.75) is 39.8 Å². The fourth-order valence-corrected chi connectivity index (χ4v) is 1.54. The Morgan fingerprint density at radius 3 is 2.78 bits per heavy atom. The largest absolute Gasteiger partial charge is 0.467 e. The Kier molecular flexibility index (Phi) is 8.55. The van der Waals surface area contributed by atoms with Crippen molar-refractivity contribution < 1.29 is 13.9 Å². The third-order valence-electron chi connectivity index (χ3n) is 2.65. The van der Waals surface area contributed by atoms with Crippen LogP contribution in [0.3, 0.4) is 0 Å². The number of rotatable bonds is 11. The lowest BCUT2D eigenvalue weighted by Crippen LogP contribution is -2.13. The van der Waals surface area contributed by atoms with Crippen molar-refractivity contribution >= 4 is 0 Å². The Bertz CT molecular complexity index is 299. The minimum atomic E-state index is 0.519. The monoisotopic (exact) mass is 255 g/mol. The molecule has 0 aliphatic heterocycles. The van der Waals surface area contributed by atoms with E-state index in [0.717, 1.165) is 31.9 Å². The molecule has 0 saturated heterocycles. The van der Waals surface area contributed by atoms with Crippen LogP contribution in [0.1, 0.15) is 38.0 Å². The SMILES string of the molecule is CCCCOCCOCc1occc1CNCC. The first-order valence-electron chi connectivity index (χ1n) is 6.79. The number of hydrogen-bond donors (Lipinski definition) is 1. The molecule has 0 aliphatic carbocycles. The molecule has 104 valence electrons. The highest BCUT2D eigenvalue weighted by molar-refractivity contribution is 5.15. The molecule has 0 aliphatic rings. The minimum absolute atomic E-state index is 0.519. The van der Waals surface area contributed by atoms with Gasteiger partial charge in [0, 0.05) is 18.7 Å². The summed E-state index contributed by atoms with van der Waals surface area (Å²) in [5, 5.41) is 3.28. The molecule has 0 unspecified atom stereocenters.